The Morgan fingerprint density at radius 3 is 2.52 bits per heavy atom. The van der Waals surface area contributed by atoms with Gasteiger partial charge in [-0.05, 0) is 27.7 Å². The highest BCUT2D eigenvalue weighted by molar-refractivity contribution is 8.00. The third kappa shape index (κ3) is 4.52. The molecule has 0 saturated carbocycles. The molecule has 21 heavy (non-hydrogen) atoms. The van der Waals surface area contributed by atoms with Crippen molar-refractivity contribution in [3.63, 3.8) is 0 Å². The number of aliphatic carboxylic acids is 1. The van der Waals surface area contributed by atoms with Crippen molar-refractivity contribution in [1.82, 2.24) is 15.1 Å². The summed E-state index contributed by atoms with van der Waals surface area (Å²) < 4.78 is 0. The molecule has 0 aromatic heterocycles. The van der Waals surface area contributed by atoms with Gasteiger partial charge in [-0.1, -0.05) is 0 Å². The maximum absolute atomic E-state index is 12.5. The molecule has 1 aliphatic rings. The third-order valence-corrected chi connectivity index (χ3v) is 4.38. The van der Waals surface area contributed by atoms with E-state index in [1.165, 1.54) is 21.6 Å². The molecule has 1 heterocycles. The second kappa shape index (κ2) is 7.53. The summed E-state index contributed by atoms with van der Waals surface area (Å²) in [4.78, 5) is 38.3. The van der Waals surface area contributed by atoms with E-state index in [-0.39, 0.29) is 23.9 Å². The molecule has 2 unspecified atom stereocenters. The van der Waals surface area contributed by atoms with Gasteiger partial charge in [0.05, 0.1) is 5.37 Å². The molecular weight excluding hydrogens is 294 g/mol. The van der Waals surface area contributed by atoms with Crippen molar-refractivity contribution in [2.45, 2.75) is 45.2 Å². The number of likely N-dealkylation sites (N-methyl/N-ethyl adjacent to an activating group) is 1. The first-order valence-corrected chi connectivity index (χ1v) is 8.03. The minimum atomic E-state index is -1.01. The Morgan fingerprint density at radius 1 is 1.43 bits per heavy atom. The summed E-state index contributed by atoms with van der Waals surface area (Å²) >= 11 is 1.42. The first-order chi connectivity index (χ1) is 9.77. The number of hydrogen-bond acceptors (Lipinski definition) is 4. The van der Waals surface area contributed by atoms with E-state index in [9.17, 15) is 19.5 Å². The maximum Gasteiger partial charge on any atom is 0.327 e. The van der Waals surface area contributed by atoms with Gasteiger partial charge in [0.2, 0.25) is 5.91 Å². The van der Waals surface area contributed by atoms with Crippen LogP contribution in [0.1, 0.15) is 27.7 Å². The molecule has 2 atom stereocenters. The lowest BCUT2D eigenvalue weighted by atomic mass is 10.3. The largest absolute Gasteiger partial charge is 0.480 e. The lowest BCUT2D eigenvalue weighted by Gasteiger charge is -2.31. The molecule has 0 spiro atoms. The number of hydrogen-bond donors (Lipinski definition) is 2. The van der Waals surface area contributed by atoms with E-state index >= 15 is 0 Å². The molecule has 0 bridgehead atoms. The summed E-state index contributed by atoms with van der Waals surface area (Å²) in [5, 5.41) is 11.7. The van der Waals surface area contributed by atoms with Crippen molar-refractivity contribution in [2.24, 2.45) is 0 Å². The van der Waals surface area contributed by atoms with Gasteiger partial charge in [-0.15, -0.1) is 11.8 Å². The Morgan fingerprint density at radius 2 is 2.05 bits per heavy atom. The standard InChI is InChI=1S/C13H23N3O4S/c1-5-15(6-11(17)14-8(2)3)13(20)16-9(4)21-7-10(16)12(18)19/h8-10H,5-7H2,1-4H3,(H,14,17)(H,18,19). The molecule has 0 aromatic rings. The molecule has 120 valence electrons. The number of nitrogens with zero attached hydrogens (tertiary/aromatic N) is 2. The smallest absolute Gasteiger partial charge is 0.327 e. The van der Waals surface area contributed by atoms with E-state index in [0.29, 0.717) is 12.3 Å². The van der Waals surface area contributed by atoms with Crippen molar-refractivity contribution in [1.29, 1.82) is 0 Å². The second-order valence-electron chi connectivity index (χ2n) is 5.21. The van der Waals surface area contributed by atoms with Crippen molar-refractivity contribution in [2.75, 3.05) is 18.8 Å². The third-order valence-electron chi connectivity index (χ3n) is 3.17. The van der Waals surface area contributed by atoms with Crippen LogP contribution in [0.4, 0.5) is 4.79 Å². The molecule has 1 fully saturated rings. The lowest BCUT2D eigenvalue weighted by molar-refractivity contribution is -0.141. The zero-order valence-electron chi connectivity index (χ0n) is 12.8. The predicted octanol–water partition coefficient (Wildman–Crippen LogP) is 0.801. The van der Waals surface area contributed by atoms with Crippen LogP contribution in [0.3, 0.4) is 0 Å². The number of thioether (sulfide) groups is 1. The van der Waals surface area contributed by atoms with Crippen LogP contribution in [0.2, 0.25) is 0 Å². The Bertz CT molecular complexity index is 416. The molecule has 3 amide bonds. The van der Waals surface area contributed by atoms with E-state index < -0.39 is 18.0 Å². The van der Waals surface area contributed by atoms with Gasteiger partial charge in [0.25, 0.3) is 0 Å². The van der Waals surface area contributed by atoms with Crippen LogP contribution in [0.25, 0.3) is 0 Å². The average Bonchev–Trinajstić information content (AvgIpc) is 2.76. The molecule has 1 aliphatic heterocycles. The van der Waals surface area contributed by atoms with Gasteiger partial charge in [-0.2, -0.15) is 0 Å². The van der Waals surface area contributed by atoms with E-state index in [0.717, 1.165) is 0 Å². The van der Waals surface area contributed by atoms with Crippen molar-refractivity contribution < 1.29 is 19.5 Å². The molecule has 0 aromatic carbocycles. The van der Waals surface area contributed by atoms with Gasteiger partial charge in [0.1, 0.15) is 12.6 Å². The minimum Gasteiger partial charge on any atom is -0.480 e. The number of urea groups is 1. The molecule has 2 N–H and O–H groups in total. The van der Waals surface area contributed by atoms with Crippen LogP contribution in [-0.4, -0.2) is 69.1 Å². The molecule has 0 aliphatic carbocycles. The van der Waals surface area contributed by atoms with Gasteiger partial charge in [-0.3, -0.25) is 9.69 Å². The number of carboxylic acids is 1. The second-order valence-corrected chi connectivity index (χ2v) is 6.56. The predicted molar refractivity (Wildman–Crippen MR) is 81.1 cm³/mol. The summed E-state index contributed by atoms with van der Waals surface area (Å²) in [6.07, 6.45) is 0. The number of carboxylic acid groups (broad SMARTS) is 1. The van der Waals surface area contributed by atoms with Crippen LogP contribution >= 0.6 is 11.8 Å². The van der Waals surface area contributed by atoms with E-state index in [2.05, 4.69) is 5.32 Å². The molecule has 0 radical (unpaired) electrons. The van der Waals surface area contributed by atoms with E-state index in [4.69, 9.17) is 0 Å². The minimum absolute atomic E-state index is 0.000609. The fourth-order valence-corrected chi connectivity index (χ4v) is 3.30. The summed E-state index contributed by atoms with van der Waals surface area (Å²) in [6.45, 7) is 7.54. The number of nitrogens with one attached hydrogen (secondary N) is 1. The molecule has 8 heteroatoms. The van der Waals surface area contributed by atoms with Crippen molar-refractivity contribution >= 4 is 29.7 Å². The van der Waals surface area contributed by atoms with E-state index in [1.54, 1.807) is 13.8 Å². The van der Waals surface area contributed by atoms with Gasteiger partial charge >= 0.3 is 12.0 Å². The Hall–Kier alpha value is -1.44. The number of carbonyl (C=O) groups excluding carboxylic acids is 2. The summed E-state index contributed by atoms with van der Waals surface area (Å²) in [6, 6.07) is -1.24. The van der Waals surface area contributed by atoms with Crippen LogP contribution in [0.5, 0.6) is 0 Å². The number of carbonyl (C=O) groups is 3. The molecule has 1 rings (SSSR count). The Balaban J connectivity index is 2.77. The van der Waals surface area contributed by atoms with Crippen LogP contribution in [-0.2, 0) is 9.59 Å². The summed E-state index contributed by atoms with van der Waals surface area (Å²) in [5.74, 6) is -0.882. The summed E-state index contributed by atoms with van der Waals surface area (Å²) in [5.41, 5.74) is 0. The van der Waals surface area contributed by atoms with Crippen molar-refractivity contribution in [3.05, 3.63) is 0 Å². The van der Waals surface area contributed by atoms with E-state index in [1.807, 2.05) is 13.8 Å². The quantitative estimate of drug-likeness (QED) is 0.783. The Kier molecular flexibility index (Phi) is 6.32. The zero-order valence-corrected chi connectivity index (χ0v) is 13.6. The van der Waals surface area contributed by atoms with Gasteiger partial charge in [0, 0.05) is 18.3 Å². The number of rotatable bonds is 5. The fourth-order valence-electron chi connectivity index (χ4n) is 2.14. The average molecular weight is 317 g/mol. The number of amides is 3. The highest BCUT2D eigenvalue weighted by Gasteiger charge is 2.41. The van der Waals surface area contributed by atoms with Crippen LogP contribution in [0.15, 0.2) is 0 Å². The maximum atomic E-state index is 12.5. The van der Waals surface area contributed by atoms with Crippen LogP contribution < -0.4 is 5.32 Å². The SMILES string of the molecule is CCN(CC(=O)NC(C)C)C(=O)N1C(C)SCC1C(=O)O. The fraction of sp³-hybridized carbons (Fsp3) is 0.769. The lowest BCUT2D eigenvalue weighted by Crippen LogP contribution is -2.53. The highest BCUT2D eigenvalue weighted by Crippen LogP contribution is 2.29. The van der Waals surface area contributed by atoms with Gasteiger partial charge < -0.3 is 15.3 Å². The topological polar surface area (TPSA) is 90.0 Å². The normalized spacial score (nSPS) is 21.5. The monoisotopic (exact) mass is 317 g/mol. The molecular formula is C13H23N3O4S. The van der Waals surface area contributed by atoms with Crippen LogP contribution in [0, 0.1) is 0 Å². The molecule has 7 nitrogen and oxygen atoms in total. The first-order valence-electron chi connectivity index (χ1n) is 6.98. The molecule has 1 saturated heterocycles. The summed E-state index contributed by atoms with van der Waals surface area (Å²) in [7, 11) is 0. The highest BCUT2D eigenvalue weighted by atomic mass is 32.2. The van der Waals surface area contributed by atoms with Crippen molar-refractivity contribution in [3.8, 4) is 0 Å². The zero-order chi connectivity index (χ0) is 16.2. The van der Waals surface area contributed by atoms with Gasteiger partial charge in [-0.25, -0.2) is 9.59 Å². The first kappa shape index (κ1) is 17.6. The van der Waals surface area contributed by atoms with Gasteiger partial charge in [0.15, 0.2) is 0 Å². The Labute approximate surface area is 129 Å².